The standard InChI is InChI=1S/C19H30O2Si/c1-7-18(21-22(5,6)19(2,3)4)14-11-15-20-16-17-12-9-8-10-13-17/h1,8-10,12-13,18H,11,14-16H2,2-6H3/t18-/m0/s1. The van der Waals surface area contributed by atoms with Gasteiger partial charge in [0.25, 0.3) is 0 Å². The molecule has 2 nitrogen and oxygen atoms in total. The van der Waals surface area contributed by atoms with Gasteiger partial charge in [-0.2, -0.15) is 0 Å². The molecule has 0 heterocycles. The van der Waals surface area contributed by atoms with Gasteiger partial charge < -0.3 is 9.16 Å². The van der Waals surface area contributed by atoms with Crippen molar-refractivity contribution < 1.29 is 9.16 Å². The molecule has 0 N–H and O–H groups in total. The quantitative estimate of drug-likeness (QED) is 0.381. The minimum atomic E-state index is -1.79. The van der Waals surface area contributed by atoms with E-state index in [0.717, 1.165) is 12.8 Å². The summed E-state index contributed by atoms with van der Waals surface area (Å²) in [5.41, 5.74) is 1.20. The van der Waals surface area contributed by atoms with Crippen LogP contribution in [0.4, 0.5) is 0 Å². The van der Waals surface area contributed by atoms with E-state index in [1.165, 1.54) is 5.56 Å². The molecule has 0 saturated carbocycles. The molecule has 0 spiro atoms. The molecular formula is C19H30O2Si. The van der Waals surface area contributed by atoms with Gasteiger partial charge in [0, 0.05) is 6.61 Å². The molecule has 0 aromatic heterocycles. The molecule has 0 saturated heterocycles. The zero-order valence-corrected chi connectivity index (χ0v) is 15.7. The first-order chi connectivity index (χ1) is 10.3. The molecule has 0 unspecified atom stereocenters. The molecule has 122 valence electrons. The van der Waals surface area contributed by atoms with Crippen LogP contribution in [0.15, 0.2) is 30.3 Å². The Morgan fingerprint density at radius 2 is 1.82 bits per heavy atom. The Bertz CT molecular complexity index is 468. The summed E-state index contributed by atoms with van der Waals surface area (Å²) in [5.74, 6) is 2.80. The van der Waals surface area contributed by atoms with Crippen LogP contribution in [0.3, 0.4) is 0 Å². The molecule has 0 aliphatic carbocycles. The Kier molecular flexibility index (Phi) is 7.35. The molecule has 1 rings (SSSR count). The monoisotopic (exact) mass is 318 g/mol. The Balaban J connectivity index is 2.29. The van der Waals surface area contributed by atoms with Gasteiger partial charge in [0.2, 0.25) is 0 Å². The lowest BCUT2D eigenvalue weighted by Crippen LogP contribution is -2.43. The Hall–Kier alpha value is -1.08. The minimum Gasteiger partial charge on any atom is -0.403 e. The van der Waals surface area contributed by atoms with Crippen LogP contribution in [-0.4, -0.2) is 21.0 Å². The predicted molar refractivity (Wildman–Crippen MR) is 96.2 cm³/mol. The third-order valence-electron chi connectivity index (χ3n) is 4.30. The molecule has 0 aliphatic rings. The molecule has 0 radical (unpaired) electrons. The number of hydrogen-bond donors (Lipinski definition) is 0. The first-order valence-corrected chi connectivity index (χ1v) is 10.9. The van der Waals surface area contributed by atoms with Crippen LogP contribution in [-0.2, 0) is 15.8 Å². The molecule has 1 aromatic rings. The molecule has 0 aliphatic heterocycles. The van der Waals surface area contributed by atoms with Crippen molar-refractivity contribution in [3.63, 3.8) is 0 Å². The van der Waals surface area contributed by atoms with Crippen LogP contribution in [0.25, 0.3) is 0 Å². The van der Waals surface area contributed by atoms with E-state index in [0.29, 0.717) is 13.2 Å². The lowest BCUT2D eigenvalue weighted by atomic mass is 10.2. The third kappa shape index (κ3) is 6.35. The van der Waals surface area contributed by atoms with Crippen LogP contribution < -0.4 is 0 Å². The van der Waals surface area contributed by atoms with Gasteiger partial charge in [-0.3, -0.25) is 0 Å². The van der Waals surface area contributed by atoms with Gasteiger partial charge in [-0.1, -0.05) is 57.0 Å². The Morgan fingerprint density at radius 3 is 2.36 bits per heavy atom. The largest absolute Gasteiger partial charge is 0.403 e. The van der Waals surface area contributed by atoms with Gasteiger partial charge in [-0.15, -0.1) is 6.42 Å². The number of ether oxygens (including phenoxy) is 1. The van der Waals surface area contributed by atoms with Gasteiger partial charge in [-0.25, -0.2) is 0 Å². The topological polar surface area (TPSA) is 18.5 Å². The normalized spacial score (nSPS) is 13.6. The van der Waals surface area contributed by atoms with Crippen molar-refractivity contribution >= 4 is 8.32 Å². The van der Waals surface area contributed by atoms with Gasteiger partial charge in [0.05, 0.1) is 6.61 Å². The second-order valence-corrected chi connectivity index (χ2v) is 12.0. The van der Waals surface area contributed by atoms with Crippen molar-refractivity contribution in [2.45, 2.75) is 64.5 Å². The van der Waals surface area contributed by atoms with E-state index in [9.17, 15) is 0 Å². The predicted octanol–water partition coefficient (Wildman–Crippen LogP) is 5.01. The second-order valence-electron chi connectivity index (χ2n) is 7.21. The first-order valence-electron chi connectivity index (χ1n) is 8.02. The van der Waals surface area contributed by atoms with Crippen LogP contribution in [0.2, 0.25) is 18.1 Å². The summed E-state index contributed by atoms with van der Waals surface area (Å²) >= 11 is 0. The highest BCUT2D eigenvalue weighted by Gasteiger charge is 2.38. The number of hydrogen-bond acceptors (Lipinski definition) is 2. The summed E-state index contributed by atoms with van der Waals surface area (Å²) in [4.78, 5) is 0. The minimum absolute atomic E-state index is 0.0961. The smallest absolute Gasteiger partial charge is 0.193 e. The molecule has 1 aromatic carbocycles. The molecule has 0 bridgehead atoms. The average Bonchev–Trinajstić information content (AvgIpc) is 2.45. The fraction of sp³-hybridized carbons (Fsp3) is 0.579. The highest BCUT2D eigenvalue weighted by Crippen LogP contribution is 2.37. The molecule has 3 heteroatoms. The van der Waals surface area contributed by atoms with E-state index in [4.69, 9.17) is 15.6 Å². The van der Waals surface area contributed by atoms with Crippen LogP contribution >= 0.6 is 0 Å². The molecule has 0 amide bonds. The molecular weight excluding hydrogens is 288 g/mol. The van der Waals surface area contributed by atoms with Crippen molar-refractivity contribution in [1.29, 1.82) is 0 Å². The van der Waals surface area contributed by atoms with Crippen LogP contribution in [0.1, 0.15) is 39.2 Å². The summed E-state index contributed by atoms with van der Waals surface area (Å²) in [5, 5.41) is 0.186. The molecule has 1 atom stereocenters. The summed E-state index contributed by atoms with van der Waals surface area (Å²) in [6, 6.07) is 10.2. The maximum Gasteiger partial charge on any atom is 0.193 e. The SMILES string of the molecule is C#C[C@@H](CCCOCc1ccccc1)O[Si](C)(C)C(C)(C)C. The number of terminal acetylenes is 1. The van der Waals surface area contributed by atoms with E-state index in [2.05, 4.69) is 51.9 Å². The first kappa shape index (κ1) is 19.0. The summed E-state index contributed by atoms with van der Waals surface area (Å²) in [7, 11) is -1.79. The van der Waals surface area contributed by atoms with Crippen molar-refractivity contribution in [2.75, 3.05) is 6.61 Å². The fourth-order valence-electron chi connectivity index (χ4n) is 1.84. The van der Waals surface area contributed by atoms with Crippen molar-refractivity contribution in [2.24, 2.45) is 0 Å². The van der Waals surface area contributed by atoms with E-state index >= 15 is 0 Å². The van der Waals surface area contributed by atoms with Crippen LogP contribution in [0, 0.1) is 12.3 Å². The zero-order chi connectivity index (χ0) is 16.6. The molecule has 0 fully saturated rings. The van der Waals surface area contributed by atoms with E-state index < -0.39 is 8.32 Å². The highest BCUT2D eigenvalue weighted by molar-refractivity contribution is 6.74. The van der Waals surface area contributed by atoms with Crippen molar-refractivity contribution in [3.8, 4) is 12.3 Å². The average molecular weight is 319 g/mol. The fourth-order valence-corrected chi connectivity index (χ4v) is 3.09. The summed E-state index contributed by atoms with van der Waals surface area (Å²) in [6.45, 7) is 12.5. The Labute approximate surface area is 137 Å². The van der Waals surface area contributed by atoms with Gasteiger partial charge in [-0.05, 0) is 36.5 Å². The van der Waals surface area contributed by atoms with E-state index in [1.807, 2.05) is 18.2 Å². The van der Waals surface area contributed by atoms with E-state index in [-0.39, 0.29) is 11.1 Å². The lowest BCUT2D eigenvalue weighted by molar-refractivity contribution is 0.108. The number of benzene rings is 1. The second kappa shape index (κ2) is 8.52. The van der Waals surface area contributed by atoms with Crippen molar-refractivity contribution in [3.05, 3.63) is 35.9 Å². The lowest BCUT2D eigenvalue weighted by Gasteiger charge is -2.38. The maximum absolute atomic E-state index is 6.26. The van der Waals surface area contributed by atoms with Crippen molar-refractivity contribution in [1.82, 2.24) is 0 Å². The molecule has 22 heavy (non-hydrogen) atoms. The number of rotatable bonds is 8. The summed E-state index contributed by atoms with van der Waals surface area (Å²) in [6.07, 6.45) is 7.33. The van der Waals surface area contributed by atoms with E-state index in [1.54, 1.807) is 0 Å². The van der Waals surface area contributed by atoms with Gasteiger partial charge in [0.1, 0.15) is 6.10 Å². The zero-order valence-electron chi connectivity index (χ0n) is 14.7. The maximum atomic E-state index is 6.26. The third-order valence-corrected chi connectivity index (χ3v) is 8.78. The van der Waals surface area contributed by atoms with Crippen LogP contribution in [0.5, 0.6) is 0 Å². The van der Waals surface area contributed by atoms with Gasteiger partial charge in [0.15, 0.2) is 8.32 Å². The Morgan fingerprint density at radius 1 is 1.18 bits per heavy atom. The summed E-state index contributed by atoms with van der Waals surface area (Å²) < 4.78 is 12.0. The highest BCUT2D eigenvalue weighted by atomic mass is 28.4. The van der Waals surface area contributed by atoms with Gasteiger partial charge >= 0.3 is 0 Å².